The Morgan fingerprint density at radius 1 is 1.26 bits per heavy atom. The minimum Gasteiger partial charge on any atom is -0.481 e. The molecular weight excluding hydrogens is 357 g/mol. The van der Waals surface area contributed by atoms with Crippen molar-refractivity contribution < 1.29 is 14.7 Å². The van der Waals surface area contributed by atoms with Gasteiger partial charge in [-0.25, -0.2) is 0 Å². The van der Waals surface area contributed by atoms with Gasteiger partial charge < -0.3 is 10.4 Å². The first-order chi connectivity index (χ1) is 8.99. The molecule has 102 valence electrons. The standard InChI is InChI=1S/C14H16INO3/c1-8-6-9(10(7-8)14(18)19)13(17)16-12-5-3-2-4-11(12)15/h2-5,8-10H,6-7H2,1H3,(H,16,17)(H,18,19). The van der Waals surface area contributed by atoms with Crippen LogP contribution in [0.1, 0.15) is 19.8 Å². The van der Waals surface area contributed by atoms with E-state index in [1.807, 2.05) is 31.2 Å². The van der Waals surface area contributed by atoms with Gasteiger partial charge in [-0.15, -0.1) is 0 Å². The lowest BCUT2D eigenvalue weighted by Gasteiger charge is -2.16. The van der Waals surface area contributed by atoms with Crippen LogP contribution in [0.3, 0.4) is 0 Å². The van der Waals surface area contributed by atoms with Crippen molar-refractivity contribution in [2.75, 3.05) is 5.32 Å². The Labute approximate surface area is 125 Å². The van der Waals surface area contributed by atoms with Crippen molar-refractivity contribution in [1.82, 2.24) is 0 Å². The van der Waals surface area contributed by atoms with Crippen LogP contribution in [0.2, 0.25) is 0 Å². The van der Waals surface area contributed by atoms with E-state index in [4.69, 9.17) is 0 Å². The first-order valence-corrected chi connectivity index (χ1v) is 7.35. The maximum atomic E-state index is 12.2. The zero-order valence-corrected chi connectivity index (χ0v) is 12.8. The highest BCUT2D eigenvalue weighted by Crippen LogP contribution is 2.37. The summed E-state index contributed by atoms with van der Waals surface area (Å²) in [4.78, 5) is 23.4. The molecule has 0 spiro atoms. The van der Waals surface area contributed by atoms with Gasteiger partial charge in [0.1, 0.15) is 0 Å². The normalized spacial score (nSPS) is 26.1. The molecule has 0 aromatic heterocycles. The molecule has 2 rings (SSSR count). The van der Waals surface area contributed by atoms with Crippen molar-refractivity contribution in [2.24, 2.45) is 17.8 Å². The second-order valence-corrected chi connectivity index (χ2v) is 6.26. The minimum absolute atomic E-state index is 0.180. The van der Waals surface area contributed by atoms with Crippen LogP contribution < -0.4 is 5.32 Å². The third-order valence-electron chi connectivity index (χ3n) is 3.58. The maximum absolute atomic E-state index is 12.2. The molecule has 3 unspecified atom stereocenters. The van der Waals surface area contributed by atoms with Crippen LogP contribution in [0, 0.1) is 21.3 Å². The SMILES string of the molecule is CC1CC(C(=O)O)C(C(=O)Nc2ccccc2I)C1. The summed E-state index contributed by atoms with van der Waals surface area (Å²) < 4.78 is 0.950. The Kier molecular flexibility index (Phi) is 4.44. The van der Waals surface area contributed by atoms with E-state index in [0.717, 1.165) is 9.26 Å². The summed E-state index contributed by atoms with van der Waals surface area (Å²) in [6, 6.07) is 7.48. The van der Waals surface area contributed by atoms with Gasteiger partial charge in [0.15, 0.2) is 0 Å². The molecule has 1 saturated carbocycles. The predicted molar refractivity (Wildman–Crippen MR) is 80.8 cm³/mol. The van der Waals surface area contributed by atoms with E-state index < -0.39 is 17.8 Å². The molecule has 3 atom stereocenters. The number of benzene rings is 1. The van der Waals surface area contributed by atoms with Crippen LogP contribution in [0.15, 0.2) is 24.3 Å². The molecule has 19 heavy (non-hydrogen) atoms. The molecule has 1 aromatic rings. The molecule has 0 saturated heterocycles. The molecule has 2 N–H and O–H groups in total. The summed E-state index contributed by atoms with van der Waals surface area (Å²) in [5.74, 6) is -1.75. The van der Waals surface area contributed by atoms with E-state index >= 15 is 0 Å². The number of hydrogen-bond acceptors (Lipinski definition) is 2. The first-order valence-electron chi connectivity index (χ1n) is 6.27. The summed E-state index contributed by atoms with van der Waals surface area (Å²) in [6.45, 7) is 2.00. The number of nitrogens with one attached hydrogen (secondary N) is 1. The number of carboxylic acid groups (broad SMARTS) is 1. The van der Waals surface area contributed by atoms with Crippen molar-refractivity contribution in [3.05, 3.63) is 27.8 Å². The van der Waals surface area contributed by atoms with Crippen LogP contribution >= 0.6 is 22.6 Å². The fourth-order valence-corrected chi connectivity index (χ4v) is 3.16. The zero-order valence-electron chi connectivity index (χ0n) is 10.6. The third-order valence-corrected chi connectivity index (χ3v) is 4.52. The highest BCUT2D eigenvalue weighted by atomic mass is 127. The molecule has 1 aliphatic carbocycles. The smallest absolute Gasteiger partial charge is 0.307 e. The molecule has 1 amide bonds. The van der Waals surface area contributed by atoms with Crippen molar-refractivity contribution >= 4 is 40.2 Å². The van der Waals surface area contributed by atoms with Crippen LogP contribution in [-0.2, 0) is 9.59 Å². The summed E-state index contributed by atoms with van der Waals surface area (Å²) in [7, 11) is 0. The first kappa shape index (κ1) is 14.3. The van der Waals surface area contributed by atoms with Crippen molar-refractivity contribution in [1.29, 1.82) is 0 Å². The van der Waals surface area contributed by atoms with Crippen molar-refractivity contribution in [2.45, 2.75) is 19.8 Å². The van der Waals surface area contributed by atoms with Crippen molar-refractivity contribution in [3.8, 4) is 0 Å². The van der Waals surface area contributed by atoms with E-state index in [2.05, 4.69) is 27.9 Å². The minimum atomic E-state index is -0.868. The predicted octanol–water partition coefficient (Wildman–Crippen LogP) is 2.98. The van der Waals surface area contributed by atoms with Crippen LogP contribution in [0.4, 0.5) is 5.69 Å². The second kappa shape index (κ2) is 5.90. The summed E-state index contributed by atoms with van der Waals surface area (Å²) in [6.07, 6.45) is 1.23. The Morgan fingerprint density at radius 2 is 1.89 bits per heavy atom. The lowest BCUT2D eigenvalue weighted by Crippen LogP contribution is -2.30. The molecule has 4 nitrogen and oxygen atoms in total. The number of carboxylic acids is 1. The number of amides is 1. The number of anilines is 1. The quantitative estimate of drug-likeness (QED) is 0.801. The fourth-order valence-electron chi connectivity index (χ4n) is 2.64. The van der Waals surface area contributed by atoms with Gasteiger partial charge in [-0.05, 0) is 53.5 Å². The molecule has 1 fully saturated rings. The van der Waals surface area contributed by atoms with E-state index in [1.54, 1.807) is 0 Å². The van der Waals surface area contributed by atoms with Crippen LogP contribution in [-0.4, -0.2) is 17.0 Å². The molecular formula is C14H16INO3. The van der Waals surface area contributed by atoms with Crippen LogP contribution in [0.25, 0.3) is 0 Å². The highest BCUT2D eigenvalue weighted by Gasteiger charge is 2.41. The van der Waals surface area contributed by atoms with Gasteiger partial charge in [-0.3, -0.25) is 9.59 Å². The highest BCUT2D eigenvalue weighted by molar-refractivity contribution is 14.1. The number of halogens is 1. The van der Waals surface area contributed by atoms with Gasteiger partial charge >= 0.3 is 5.97 Å². The topological polar surface area (TPSA) is 66.4 Å². The van der Waals surface area contributed by atoms with E-state index in [-0.39, 0.29) is 11.8 Å². The molecule has 0 bridgehead atoms. The van der Waals surface area contributed by atoms with E-state index in [9.17, 15) is 14.7 Å². The Hall–Kier alpha value is -1.11. The number of rotatable bonds is 3. The lowest BCUT2D eigenvalue weighted by molar-refractivity contribution is -0.145. The summed E-state index contributed by atoms with van der Waals surface area (Å²) in [5.41, 5.74) is 0.747. The van der Waals surface area contributed by atoms with Gasteiger partial charge in [0, 0.05) is 3.57 Å². The largest absolute Gasteiger partial charge is 0.481 e. The molecule has 1 aromatic carbocycles. The summed E-state index contributed by atoms with van der Waals surface area (Å²) in [5, 5.41) is 12.0. The Bertz CT molecular complexity index is 503. The molecule has 5 heteroatoms. The van der Waals surface area contributed by atoms with Gasteiger partial charge in [0.05, 0.1) is 17.5 Å². The van der Waals surface area contributed by atoms with E-state index in [1.165, 1.54) is 0 Å². The number of para-hydroxylation sites is 1. The molecule has 0 aliphatic heterocycles. The van der Waals surface area contributed by atoms with E-state index in [0.29, 0.717) is 12.8 Å². The molecule has 0 heterocycles. The second-order valence-electron chi connectivity index (χ2n) is 5.10. The Balaban J connectivity index is 2.11. The zero-order chi connectivity index (χ0) is 14.0. The monoisotopic (exact) mass is 373 g/mol. The molecule has 0 radical (unpaired) electrons. The van der Waals surface area contributed by atoms with Gasteiger partial charge in [-0.2, -0.15) is 0 Å². The number of hydrogen-bond donors (Lipinski definition) is 2. The van der Waals surface area contributed by atoms with Gasteiger partial charge in [0.25, 0.3) is 0 Å². The van der Waals surface area contributed by atoms with Gasteiger partial charge in [0.2, 0.25) is 5.91 Å². The van der Waals surface area contributed by atoms with Crippen molar-refractivity contribution in [3.63, 3.8) is 0 Å². The lowest BCUT2D eigenvalue weighted by atomic mass is 9.95. The molecule has 1 aliphatic rings. The third kappa shape index (κ3) is 3.26. The average molecular weight is 373 g/mol. The maximum Gasteiger partial charge on any atom is 0.307 e. The number of carbonyl (C=O) groups excluding carboxylic acids is 1. The Morgan fingerprint density at radius 3 is 2.53 bits per heavy atom. The van der Waals surface area contributed by atoms with Crippen LogP contribution in [0.5, 0.6) is 0 Å². The summed E-state index contributed by atoms with van der Waals surface area (Å²) >= 11 is 2.15. The average Bonchev–Trinajstić information content (AvgIpc) is 2.74. The fraction of sp³-hybridized carbons (Fsp3) is 0.429. The number of aliphatic carboxylic acids is 1. The number of carbonyl (C=O) groups is 2. The van der Waals surface area contributed by atoms with Gasteiger partial charge in [-0.1, -0.05) is 19.1 Å².